The number of fused-ring (bicyclic) bond motifs is 4. The quantitative estimate of drug-likeness (QED) is 0.743. The van der Waals surface area contributed by atoms with E-state index in [1.54, 1.807) is 7.11 Å². The number of furan rings is 1. The zero-order valence-corrected chi connectivity index (χ0v) is 16.1. The molecule has 0 atom stereocenters. The lowest BCUT2D eigenvalue weighted by Crippen LogP contribution is -2.54. The minimum Gasteiger partial charge on any atom is -0.497 e. The molecule has 2 aliphatic heterocycles. The molecule has 5 rings (SSSR count). The Morgan fingerprint density at radius 1 is 1.19 bits per heavy atom. The molecule has 0 unspecified atom stereocenters. The molecule has 2 N–H and O–H groups in total. The van der Waals surface area contributed by atoms with Crippen LogP contribution in [0.15, 0.2) is 34.7 Å². The Hall–Kier alpha value is -2.24. The van der Waals surface area contributed by atoms with Crippen LogP contribution in [0.2, 0.25) is 0 Å². The Kier molecular flexibility index (Phi) is 4.02. The van der Waals surface area contributed by atoms with Crippen LogP contribution >= 0.6 is 0 Å². The first-order chi connectivity index (χ1) is 13.2. The van der Waals surface area contributed by atoms with Crippen molar-refractivity contribution in [2.75, 3.05) is 26.7 Å². The van der Waals surface area contributed by atoms with Crippen molar-refractivity contribution in [3.63, 3.8) is 0 Å². The molecule has 1 spiro atoms. The van der Waals surface area contributed by atoms with Crippen LogP contribution in [0.1, 0.15) is 35.6 Å². The molecule has 0 bridgehead atoms. The molecule has 142 valence electrons. The summed E-state index contributed by atoms with van der Waals surface area (Å²) in [5, 5.41) is 5.17. The second-order valence-corrected chi connectivity index (χ2v) is 7.94. The molecular weight excluding hydrogens is 338 g/mol. The zero-order chi connectivity index (χ0) is 18.4. The molecule has 27 heavy (non-hydrogen) atoms. The third-order valence-corrected chi connectivity index (χ3v) is 6.32. The van der Waals surface area contributed by atoms with Crippen molar-refractivity contribution >= 4 is 10.9 Å². The highest BCUT2D eigenvalue weighted by molar-refractivity contribution is 5.86. The van der Waals surface area contributed by atoms with Gasteiger partial charge >= 0.3 is 0 Å². The summed E-state index contributed by atoms with van der Waals surface area (Å²) < 4.78 is 11.2. The van der Waals surface area contributed by atoms with Gasteiger partial charge in [0.15, 0.2) is 0 Å². The van der Waals surface area contributed by atoms with E-state index < -0.39 is 0 Å². The van der Waals surface area contributed by atoms with E-state index >= 15 is 0 Å². The smallest absolute Gasteiger partial charge is 0.119 e. The van der Waals surface area contributed by atoms with E-state index in [9.17, 15) is 0 Å². The van der Waals surface area contributed by atoms with Crippen molar-refractivity contribution in [2.45, 2.75) is 38.3 Å². The monoisotopic (exact) mass is 365 g/mol. The molecule has 2 aromatic heterocycles. The van der Waals surface area contributed by atoms with Crippen LogP contribution in [0.5, 0.6) is 5.75 Å². The van der Waals surface area contributed by atoms with Gasteiger partial charge in [-0.1, -0.05) is 0 Å². The summed E-state index contributed by atoms with van der Waals surface area (Å²) in [6.07, 6.45) is 3.30. The lowest BCUT2D eigenvalue weighted by atomic mass is 9.79. The fraction of sp³-hybridized carbons (Fsp3) is 0.455. The summed E-state index contributed by atoms with van der Waals surface area (Å²) in [6, 6.07) is 10.5. The highest BCUT2D eigenvalue weighted by Gasteiger charge is 2.41. The Morgan fingerprint density at radius 2 is 2.04 bits per heavy atom. The molecule has 1 fully saturated rings. The van der Waals surface area contributed by atoms with Gasteiger partial charge in [-0.3, -0.25) is 4.90 Å². The average molecular weight is 365 g/mol. The second kappa shape index (κ2) is 6.43. The average Bonchev–Trinajstić information content (AvgIpc) is 3.27. The predicted molar refractivity (Wildman–Crippen MR) is 106 cm³/mol. The molecule has 0 aliphatic carbocycles. The van der Waals surface area contributed by atoms with Crippen molar-refractivity contribution in [2.24, 2.45) is 0 Å². The highest BCUT2D eigenvalue weighted by Crippen LogP contribution is 2.41. The van der Waals surface area contributed by atoms with Crippen LogP contribution in [-0.2, 0) is 18.5 Å². The number of hydrogen-bond acceptors (Lipinski definition) is 4. The number of nitrogens with zero attached hydrogens (tertiary/aromatic N) is 1. The van der Waals surface area contributed by atoms with Crippen LogP contribution in [0.3, 0.4) is 0 Å². The van der Waals surface area contributed by atoms with Gasteiger partial charge in [0.2, 0.25) is 0 Å². The summed E-state index contributed by atoms with van der Waals surface area (Å²) in [5.41, 5.74) is 4.15. The molecule has 5 nitrogen and oxygen atoms in total. The van der Waals surface area contributed by atoms with Gasteiger partial charge in [0.1, 0.15) is 17.3 Å². The number of aromatic nitrogens is 1. The van der Waals surface area contributed by atoms with E-state index in [-0.39, 0.29) is 5.54 Å². The molecule has 1 aromatic carbocycles. The van der Waals surface area contributed by atoms with E-state index in [4.69, 9.17) is 9.15 Å². The van der Waals surface area contributed by atoms with Gasteiger partial charge in [0, 0.05) is 36.2 Å². The minimum absolute atomic E-state index is 0.0649. The van der Waals surface area contributed by atoms with E-state index in [1.165, 1.54) is 22.2 Å². The number of likely N-dealkylation sites (tertiary alicyclic amines) is 1. The topological polar surface area (TPSA) is 53.4 Å². The first kappa shape index (κ1) is 16.9. The van der Waals surface area contributed by atoms with Gasteiger partial charge in [0.25, 0.3) is 0 Å². The van der Waals surface area contributed by atoms with Crippen LogP contribution in [0.25, 0.3) is 10.9 Å². The van der Waals surface area contributed by atoms with Crippen molar-refractivity contribution in [3.8, 4) is 5.75 Å². The molecule has 2 aliphatic rings. The fourth-order valence-corrected chi connectivity index (χ4v) is 4.85. The maximum atomic E-state index is 5.77. The molecular formula is C22H27N3O2. The van der Waals surface area contributed by atoms with Gasteiger partial charge in [-0.2, -0.15) is 0 Å². The van der Waals surface area contributed by atoms with Gasteiger partial charge < -0.3 is 19.5 Å². The molecule has 0 saturated carbocycles. The summed E-state index contributed by atoms with van der Waals surface area (Å²) in [7, 11) is 1.74. The van der Waals surface area contributed by atoms with Gasteiger partial charge in [-0.15, -0.1) is 0 Å². The fourth-order valence-electron chi connectivity index (χ4n) is 4.85. The van der Waals surface area contributed by atoms with Crippen LogP contribution in [-0.4, -0.2) is 36.6 Å². The van der Waals surface area contributed by atoms with Gasteiger partial charge in [0.05, 0.1) is 19.2 Å². The number of rotatable bonds is 3. The number of benzene rings is 1. The number of methoxy groups -OCH3 is 1. The Bertz CT molecular complexity index is 963. The van der Waals surface area contributed by atoms with Crippen LogP contribution < -0.4 is 10.1 Å². The first-order valence-electron chi connectivity index (χ1n) is 9.89. The number of nitrogens with one attached hydrogen (secondary N) is 2. The largest absolute Gasteiger partial charge is 0.497 e. The van der Waals surface area contributed by atoms with Crippen molar-refractivity contribution in [3.05, 3.63) is 53.1 Å². The Balaban J connectivity index is 1.40. The van der Waals surface area contributed by atoms with Gasteiger partial charge in [-0.05, 0) is 62.1 Å². The Morgan fingerprint density at radius 3 is 2.78 bits per heavy atom. The summed E-state index contributed by atoms with van der Waals surface area (Å²) in [6.45, 7) is 6.10. The lowest BCUT2D eigenvalue weighted by Gasteiger charge is -2.44. The number of hydrogen-bond donors (Lipinski definition) is 2. The Labute approximate surface area is 159 Å². The second-order valence-electron chi connectivity index (χ2n) is 7.94. The standard InChI is InChI=1S/C22H27N3O2/c1-15-3-4-17(27-15)14-25-11-8-22(9-12-25)21-18(7-10-23-22)19-13-16(26-2)5-6-20(19)24-21/h3-6,13,23-24H,7-12,14H2,1-2H3. The van der Waals surface area contributed by atoms with E-state index in [0.29, 0.717) is 0 Å². The number of ether oxygens (including phenoxy) is 1. The number of aromatic amines is 1. The lowest BCUT2D eigenvalue weighted by molar-refractivity contribution is 0.115. The minimum atomic E-state index is 0.0649. The van der Waals surface area contributed by atoms with E-state index in [0.717, 1.165) is 62.7 Å². The third kappa shape index (κ3) is 2.86. The normalized spacial score (nSPS) is 19.5. The predicted octanol–water partition coefficient (Wildman–Crippen LogP) is 3.71. The number of H-pyrrole nitrogens is 1. The van der Waals surface area contributed by atoms with Gasteiger partial charge in [-0.25, -0.2) is 0 Å². The summed E-state index contributed by atoms with van der Waals surface area (Å²) in [4.78, 5) is 6.25. The summed E-state index contributed by atoms with van der Waals surface area (Å²) in [5.74, 6) is 2.99. The van der Waals surface area contributed by atoms with Crippen molar-refractivity contribution in [1.82, 2.24) is 15.2 Å². The molecule has 4 heterocycles. The van der Waals surface area contributed by atoms with E-state index in [1.807, 2.05) is 13.0 Å². The molecule has 5 heteroatoms. The number of aryl methyl sites for hydroxylation is 1. The van der Waals surface area contributed by atoms with Crippen LogP contribution in [0.4, 0.5) is 0 Å². The zero-order valence-electron chi connectivity index (χ0n) is 16.1. The first-order valence-corrected chi connectivity index (χ1v) is 9.89. The van der Waals surface area contributed by atoms with Crippen molar-refractivity contribution in [1.29, 1.82) is 0 Å². The SMILES string of the molecule is COc1ccc2[nH]c3c(c2c1)CCNC31CCN(Cc2ccc(C)o2)CC1. The summed E-state index contributed by atoms with van der Waals surface area (Å²) >= 11 is 0. The maximum Gasteiger partial charge on any atom is 0.119 e. The molecule has 0 amide bonds. The van der Waals surface area contributed by atoms with E-state index in [2.05, 4.69) is 39.5 Å². The highest BCUT2D eigenvalue weighted by atomic mass is 16.5. The van der Waals surface area contributed by atoms with Crippen LogP contribution in [0, 0.1) is 6.92 Å². The molecule has 0 radical (unpaired) electrons. The number of piperidine rings is 1. The third-order valence-electron chi connectivity index (χ3n) is 6.32. The molecule has 3 aromatic rings. The maximum absolute atomic E-state index is 5.77. The van der Waals surface area contributed by atoms with Crippen molar-refractivity contribution < 1.29 is 9.15 Å². The molecule has 1 saturated heterocycles.